The lowest BCUT2D eigenvalue weighted by Gasteiger charge is -2.27. The predicted molar refractivity (Wildman–Crippen MR) is 77.1 cm³/mol. The van der Waals surface area contributed by atoms with Gasteiger partial charge < -0.3 is 0 Å². The van der Waals surface area contributed by atoms with Gasteiger partial charge in [0.1, 0.15) is 8.07 Å². The van der Waals surface area contributed by atoms with Crippen molar-refractivity contribution in [1.82, 2.24) is 0 Å². The number of benzene rings is 1. The summed E-state index contributed by atoms with van der Waals surface area (Å²) in [6, 6.07) is 11.2. The third-order valence-electron chi connectivity index (χ3n) is 4.27. The quantitative estimate of drug-likeness (QED) is 0.703. The summed E-state index contributed by atoms with van der Waals surface area (Å²) >= 11 is 0. The Morgan fingerprint density at radius 1 is 1.06 bits per heavy atom. The van der Waals surface area contributed by atoms with Gasteiger partial charge in [0.15, 0.2) is 0 Å². The molecular weight excluding hydrogens is 220 g/mol. The molecule has 1 aromatic rings. The number of rotatable bonds is 4. The minimum Gasteiger partial charge on any atom is -0.0854 e. The molecule has 17 heavy (non-hydrogen) atoms. The molecule has 2 saturated carbocycles. The second-order valence-corrected chi connectivity index (χ2v) is 10.6. The topological polar surface area (TPSA) is 0 Å². The van der Waals surface area contributed by atoms with E-state index in [0.29, 0.717) is 0 Å². The molecule has 0 N–H and O–H groups in total. The van der Waals surface area contributed by atoms with Crippen molar-refractivity contribution in [1.29, 1.82) is 0 Å². The molecule has 0 heterocycles. The first kappa shape index (κ1) is 11.3. The second-order valence-electron chi connectivity index (χ2n) is 6.22. The van der Waals surface area contributed by atoms with E-state index in [0.717, 1.165) is 11.8 Å². The van der Waals surface area contributed by atoms with E-state index in [9.17, 15) is 0 Å². The predicted octanol–water partition coefficient (Wildman–Crippen LogP) is 3.89. The van der Waals surface area contributed by atoms with Gasteiger partial charge in [-0.3, -0.25) is 0 Å². The van der Waals surface area contributed by atoms with Gasteiger partial charge in [0, 0.05) is 0 Å². The lowest BCUT2D eigenvalue weighted by molar-refractivity contribution is 1.01. The van der Waals surface area contributed by atoms with Gasteiger partial charge in [-0.2, -0.15) is 0 Å². The molecule has 0 amide bonds. The Kier molecular flexibility index (Phi) is 2.74. The van der Waals surface area contributed by atoms with Gasteiger partial charge in [0.25, 0.3) is 0 Å². The first-order valence-corrected chi connectivity index (χ1v) is 9.95. The van der Waals surface area contributed by atoms with Gasteiger partial charge in [-0.25, -0.2) is 0 Å². The van der Waals surface area contributed by atoms with Gasteiger partial charge in [-0.15, -0.1) is 0 Å². The largest absolute Gasteiger partial charge is 0.107 e. The van der Waals surface area contributed by atoms with Gasteiger partial charge in [0.05, 0.1) is 0 Å². The molecule has 0 saturated heterocycles. The summed E-state index contributed by atoms with van der Waals surface area (Å²) in [5.41, 5.74) is 0. The fourth-order valence-corrected chi connectivity index (χ4v) is 6.11. The van der Waals surface area contributed by atoms with Crippen LogP contribution in [-0.4, -0.2) is 8.07 Å². The molecule has 1 aromatic carbocycles. The van der Waals surface area contributed by atoms with Crippen LogP contribution in [0.1, 0.15) is 25.7 Å². The average molecular weight is 242 g/mol. The molecule has 2 fully saturated rings. The Morgan fingerprint density at radius 2 is 1.71 bits per heavy atom. The summed E-state index contributed by atoms with van der Waals surface area (Å²) in [4.78, 5) is 0. The number of allylic oxidation sites excluding steroid dienone is 2. The molecule has 2 aliphatic rings. The molecule has 0 aliphatic heterocycles. The first-order chi connectivity index (χ1) is 8.18. The molecule has 3 rings (SSSR count). The Balaban J connectivity index is 1.93. The van der Waals surface area contributed by atoms with Crippen LogP contribution < -0.4 is 5.19 Å². The van der Waals surface area contributed by atoms with Crippen LogP contribution in [0.15, 0.2) is 41.6 Å². The van der Waals surface area contributed by atoms with E-state index in [-0.39, 0.29) is 0 Å². The Morgan fingerprint density at radius 3 is 2.24 bits per heavy atom. The lowest BCUT2D eigenvalue weighted by Crippen LogP contribution is -2.44. The number of hydrogen-bond acceptors (Lipinski definition) is 0. The van der Waals surface area contributed by atoms with E-state index in [4.69, 9.17) is 0 Å². The summed E-state index contributed by atoms with van der Waals surface area (Å²) in [5, 5.41) is 3.46. The zero-order valence-corrected chi connectivity index (χ0v) is 11.9. The molecule has 0 spiro atoms. The van der Waals surface area contributed by atoms with E-state index >= 15 is 0 Å². The zero-order valence-electron chi connectivity index (χ0n) is 10.9. The van der Waals surface area contributed by atoms with Crippen LogP contribution in [-0.2, 0) is 0 Å². The summed E-state index contributed by atoms with van der Waals surface area (Å²) in [6.45, 7) is 5.07. The van der Waals surface area contributed by atoms with Crippen LogP contribution in [0.25, 0.3) is 0 Å². The molecule has 0 radical (unpaired) electrons. The highest BCUT2D eigenvalue weighted by Gasteiger charge is 2.39. The van der Waals surface area contributed by atoms with E-state index in [1.54, 1.807) is 5.19 Å². The van der Waals surface area contributed by atoms with Gasteiger partial charge >= 0.3 is 0 Å². The number of hydrogen-bond donors (Lipinski definition) is 0. The van der Waals surface area contributed by atoms with Gasteiger partial charge in [0.2, 0.25) is 0 Å². The fourth-order valence-electron chi connectivity index (χ4n) is 2.79. The van der Waals surface area contributed by atoms with Crippen LogP contribution >= 0.6 is 0 Å². The van der Waals surface area contributed by atoms with E-state index in [2.05, 4.69) is 49.5 Å². The summed E-state index contributed by atoms with van der Waals surface area (Å²) in [7, 11) is -1.37. The van der Waals surface area contributed by atoms with Crippen LogP contribution in [0.2, 0.25) is 13.1 Å². The Hall–Kier alpha value is -0.823. The van der Waals surface area contributed by atoms with Crippen molar-refractivity contribution in [2.24, 2.45) is 11.8 Å². The fraction of sp³-hybridized carbons (Fsp3) is 0.500. The van der Waals surface area contributed by atoms with Gasteiger partial charge in [-0.05, 0) is 37.5 Å². The molecular formula is C16H22Si. The van der Waals surface area contributed by atoms with Crippen LogP contribution in [0.4, 0.5) is 0 Å². The maximum atomic E-state index is 2.66. The van der Waals surface area contributed by atoms with E-state index in [1.165, 1.54) is 25.7 Å². The van der Waals surface area contributed by atoms with Crippen molar-refractivity contribution in [2.45, 2.75) is 38.8 Å². The SMILES string of the molecule is C[Si](C)(/C(=C/C1CC1)C1CC1)c1ccccc1. The van der Waals surface area contributed by atoms with Crippen molar-refractivity contribution < 1.29 is 0 Å². The van der Waals surface area contributed by atoms with Crippen molar-refractivity contribution in [3.8, 4) is 0 Å². The summed E-state index contributed by atoms with van der Waals surface area (Å²) in [5.74, 6) is 1.87. The molecule has 1 heteroatoms. The minimum atomic E-state index is -1.37. The molecule has 0 unspecified atom stereocenters. The van der Waals surface area contributed by atoms with Crippen molar-refractivity contribution in [2.75, 3.05) is 0 Å². The van der Waals surface area contributed by atoms with Crippen LogP contribution in [0.5, 0.6) is 0 Å². The van der Waals surface area contributed by atoms with Crippen molar-refractivity contribution in [3.63, 3.8) is 0 Å². The van der Waals surface area contributed by atoms with Crippen molar-refractivity contribution >= 4 is 13.3 Å². The van der Waals surface area contributed by atoms with E-state index in [1.807, 2.05) is 5.20 Å². The molecule has 2 aliphatic carbocycles. The third kappa shape index (κ3) is 2.39. The molecule has 0 bridgehead atoms. The Bertz CT molecular complexity index is 422. The lowest BCUT2D eigenvalue weighted by atomic mass is 10.3. The molecule has 90 valence electrons. The first-order valence-electron chi connectivity index (χ1n) is 6.95. The highest BCUT2D eigenvalue weighted by atomic mass is 28.3. The minimum absolute atomic E-state index is 0.932. The average Bonchev–Trinajstić information content (AvgIpc) is 3.19. The third-order valence-corrected chi connectivity index (χ3v) is 8.07. The maximum Gasteiger partial charge on any atom is 0.107 e. The second kappa shape index (κ2) is 4.13. The van der Waals surface area contributed by atoms with Crippen LogP contribution in [0.3, 0.4) is 0 Å². The van der Waals surface area contributed by atoms with Gasteiger partial charge in [-0.1, -0.05) is 59.9 Å². The zero-order chi connectivity index (χ0) is 11.9. The molecule has 0 atom stereocenters. The summed E-state index contributed by atoms with van der Waals surface area (Å²) < 4.78 is 0. The summed E-state index contributed by atoms with van der Waals surface area (Å²) in [6.07, 6.45) is 8.44. The molecule has 0 aromatic heterocycles. The molecule has 0 nitrogen and oxygen atoms in total. The smallest absolute Gasteiger partial charge is 0.0854 e. The van der Waals surface area contributed by atoms with Crippen LogP contribution in [0, 0.1) is 11.8 Å². The Labute approximate surface area is 106 Å². The van der Waals surface area contributed by atoms with E-state index < -0.39 is 8.07 Å². The van der Waals surface area contributed by atoms with Crippen molar-refractivity contribution in [3.05, 3.63) is 41.6 Å². The standard InChI is InChI=1S/C16H22Si/c1-17(2,15-6-4-3-5-7-15)16(14-10-11-14)12-13-8-9-13/h3-7,12-14H,8-11H2,1-2H3/b16-12+. The monoisotopic (exact) mass is 242 g/mol. The maximum absolute atomic E-state index is 2.66. The highest BCUT2D eigenvalue weighted by molar-refractivity contribution is 6.95. The highest BCUT2D eigenvalue weighted by Crippen LogP contribution is 2.44. The normalized spacial score (nSPS) is 21.6.